The smallest absolute Gasteiger partial charge is 0.225 e. The predicted octanol–water partition coefficient (Wildman–Crippen LogP) is 2.75. The highest BCUT2D eigenvalue weighted by Gasteiger charge is 2.38. The van der Waals surface area contributed by atoms with Crippen molar-refractivity contribution < 1.29 is 9.59 Å². The number of halogens is 1. The number of carbonyl (C=O) groups excluding carboxylic acids is 2. The van der Waals surface area contributed by atoms with Gasteiger partial charge in [-0.3, -0.25) is 9.59 Å². The minimum absolute atomic E-state index is 0.0474. The number of amides is 2. The standard InChI is InChI=1S/C17H21ClN2O2/c18-15-8-4-1-5-12(15)10-19-17(22)13-9-16(21)20(11-13)14-6-2-3-7-14/h1,4-5,8,13-14H,2-3,6-7,9-11H2,(H,19,22)/t13-/m1/s1. The molecule has 0 radical (unpaired) electrons. The zero-order chi connectivity index (χ0) is 15.5. The van der Waals surface area contributed by atoms with Crippen LogP contribution in [0, 0.1) is 5.92 Å². The minimum Gasteiger partial charge on any atom is -0.352 e. The van der Waals surface area contributed by atoms with Gasteiger partial charge in [-0.05, 0) is 24.5 Å². The molecule has 2 amide bonds. The van der Waals surface area contributed by atoms with Gasteiger partial charge >= 0.3 is 0 Å². The van der Waals surface area contributed by atoms with Gasteiger partial charge in [-0.2, -0.15) is 0 Å². The second-order valence-electron chi connectivity index (χ2n) is 6.19. The van der Waals surface area contributed by atoms with Crippen molar-refractivity contribution in [3.8, 4) is 0 Å². The van der Waals surface area contributed by atoms with Gasteiger partial charge in [0.1, 0.15) is 0 Å². The molecule has 2 fully saturated rings. The fourth-order valence-electron chi connectivity index (χ4n) is 3.44. The van der Waals surface area contributed by atoms with Crippen molar-refractivity contribution in [3.63, 3.8) is 0 Å². The Labute approximate surface area is 135 Å². The molecule has 4 nitrogen and oxygen atoms in total. The molecule has 1 saturated heterocycles. The second-order valence-corrected chi connectivity index (χ2v) is 6.60. The molecule has 1 saturated carbocycles. The Kier molecular flexibility index (Phi) is 4.67. The summed E-state index contributed by atoms with van der Waals surface area (Å²) < 4.78 is 0. The van der Waals surface area contributed by atoms with E-state index in [1.165, 1.54) is 12.8 Å². The summed E-state index contributed by atoms with van der Waals surface area (Å²) in [7, 11) is 0. The largest absolute Gasteiger partial charge is 0.352 e. The number of hydrogen-bond acceptors (Lipinski definition) is 2. The number of rotatable bonds is 4. The predicted molar refractivity (Wildman–Crippen MR) is 85.4 cm³/mol. The van der Waals surface area contributed by atoms with Crippen LogP contribution in [0.25, 0.3) is 0 Å². The maximum atomic E-state index is 12.3. The van der Waals surface area contributed by atoms with Crippen LogP contribution < -0.4 is 5.32 Å². The van der Waals surface area contributed by atoms with Gasteiger partial charge in [-0.15, -0.1) is 0 Å². The van der Waals surface area contributed by atoms with Crippen LogP contribution in [0.5, 0.6) is 0 Å². The Morgan fingerprint density at radius 2 is 2.00 bits per heavy atom. The summed E-state index contributed by atoms with van der Waals surface area (Å²) >= 11 is 6.09. The Hall–Kier alpha value is -1.55. The fourth-order valence-corrected chi connectivity index (χ4v) is 3.65. The number of hydrogen-bond donors (Lipinski definition) is 1. The number of nitrogens with zero attached hydrogens (tertiary/aromatic N) is 1. The lowest BCUT2D eigenvalue weighted by Gasteiger charge is -2.23. The van der Waals surface area contributed by atoms with Crippen LogP contribution in [-0.2, 0) is 16.1 Å². The molecule has 3 rings (SSSR count). The van der Waals surface area contributed by atoms with E-state index < -0.39 is 0 Å². The van der Waals surface area contributed by atoms with Crippen LogP contribution in [0.3, 0.4) is 0 Å². The number of likely N-dealkylation sites (tertiary alicyclic amines) is 1. The van der Waals surface area contributed by atoms with Crippen LogP contribution in [0.2, 0.25) is 5.02 Å². The molecule has 2 aliphatic rings. The summed E-state index contributed by atoms with van der Waals surface area (Å²) in [6.45, 7) is 0.977. The highest BCUT2D eigenvalue weighted by atomic mass is 35.5. The van der Waals surface area contributed by atoms with E-state index in [1.54, 1.807) is 0 Å². The third kappa shape index (κ3) is 3.27. The van der Waals surface area contributed by atoms with E-state index >= 15 is 0 Å². The van der Waals surface area contributed by atoms with Gasteiger partial charge < -0.3 is 10.2 Å². The number of carbonyl (C=O) groups is 2. The van der Waals surface area contributed by atoms with Gasteiger partial charge in [0.2, 0.25) is 11.8 Å². The number of nitrogens with one attached hydrogen (secondary N) is 1. The van der Waals surface area contributed by atoms with Gasteiger partial charge in [-0.25, -0.2) is 0 Å². The average Bonchev–Trinajstić information content (AvgIpc) is 3.15. The normalized spacial score (nSPS) is 22.3. The molecule has 0 bridgehead atoms. The Morgan fingerprint density at radius 3 is 2.73 bits per heavy atom. The van der Waals surface area contributed by atoms with Crippen LogP contribution in [-0.4, -0.2) is 29.3 Å². The lowest BCUT2D eigenvalue weighted by atomic mass is 10.1. The average molecular weight is 321 g/mol. The molecule has 0 unspecified atom stereocenters. The maximum Gasteiger partial charge on any atom is 0.225 e. The molecule has 1 aliphatic carbocycles. The summed E-state index contributed by atoms with van der Waals surface area (Å²) in [6.07, 6.45) is 4.89. The zero-order valence-corrected chi connectivity index (χ0v) is 13.3. The Morgan fingerprint density at radius 1 is 1.27 bits per heavy atom. The fraction of sp³-hybridized carbons (Fsp3) is 0.529. The van der Waals surface area contributed by atoms with Gasteiger partial charge in [0.15, 0.2) is 0 Å². The van der Waals surface area contributed by atoms with E-state index in [4.69, 9.17) is 11.6 Å². The first-order valence-corrected chi connectivity index (χ1v) is 8.33. The van der Waals surface area contributed by atoms with E-state index in [-0.39, 0.29) is 17.7 Å². The summed E-state index contributed by atoms with van der Waals surface area (Å²) in [5.74, 6) is -0.144. The van der Waals surface area contributed by atoms with Crippen LogP contribution >= 0.6 is 11.6 Å². The molecule has 1 aliphatic heterocycles. The van der Waals surface area contributed by atoms with E-state index in [9.17, 15) is 9.59 Å². The molecule has 1 heterocycles. The van der Waals surface area contributed by atoms with Crippen LogP contribution in [0.1, 0.15) is 37.7 Å². The molecule has 1 atom stereocenters. The molecule has 22 heavy (non-hydrogen) atoms. The van der Waals surface area contributed by atoms with Crippen molar-refractivity contribution in [3.05, 3.63) is 34.9 Å². The minimum atomic E-state index is -0.226. The summed E-state index contributed by atoms with van der Waals surface area (Å²) in [5, 5.41) is 3.56. The lowest BCUT2D eigenvalue weighted by Crippen LogP contribution is -2.36. The monoisotopic (exact) mass is 320 g/mol. The molecule has 5 heteroatoms. The molecule has 0 spiro atoms. The molecule has 118 valence electrons. The quantitative estimate of drug-likeness (QED) is 0.927. The van der Waals surface area contributed by atoms with E-state index in [0.717, 1.165) is 18.4 Å². The molecule has 1 N–H and O–H groups in total. The Balaban J connectivity index is 1.55. The molecule has 1 aromatic rings. The van der Waals surface area contributed by atoms with Crippen LogP contribution in [0.4, 0.5) is 0 Å². The molecular formula is C17H21ClN2O2. The van der Waals surface area contributed by atoms with Crippen molar-refractivity contribution in [2.24, 2.45) is 5.92 Å². The van der Waals surface area contributed by atoms with Crippen molar-refractivity contribution >= 4 is 23.4 Å². The first kappa shape index (κ1) is 15.3. The third-order valence-corrected chi connectivity index (χ3v) is 5.07. The van der Waals surface area contributed by atoms with Crippen molar-refractivity contribution in [2.45, 2.75) is 44.7 Å². The van der Waals surface area contributed by atoms with Gasteiger partial charge in [0.25, 0.3) is 0 Å². The van der Waals surface area contributed by atoms with Gasteiger partial charge in [0.05, 0.1) is 5.92 Å². The topological polar surface area (TPSA) is 49.4 Å². The van der Waals surface area contributed by atoms with Crippen molar-refractivity contribution in [1.29, 1.82) is 0 Å². The van der Waals surface area contributed by atoms with E-state index in [0.29, 0.717) is 30.6 Å². The highest BCUT2D eigenvalue weighted by molar-refractivity contribution is 6.31. The number of benzene rings is 1. The van der Waals surface area contributed by atoms with E-state index in [2.05, 4.69) is 5.32 Å². The van der Waals surface area contributed by atoms with Gasteiger partial charge in [-0.1, -0.05) is 42.6 Å². The summed E-state index contributed by atoms with van der Waals surface area (Å²) in [5.41, 5.74) is 0.898. The van der Waals surface area contributed by atoms with Gasteiger partial charge in [0, 0.05) is 30.6 Å². The lowest BCUT2D eigenvalue weighted by molar-refractivity contribution is -0.130. The third-order valence-electron chi connectivity index (χ3n) is 4.71. The van der Waals surface area contributed by atoms with Crippen molar-refractivity contribution in [1.82, 2.24) is 10.2 Å². The highest BCUT2D eigenvalue weighted by Crippen LogP contribution is 2.29. The van der Waals surface area contributed by atoms with Crippen LogP contribution in [0.15, 0.2) is 24.3 Å². The molecule has 0 aromatic heterocycles. The molecule has 1 aromatic carbocycles. The second kappa shape index (κ2) is 6.69. The summed E-state index contributed by atoms with van der Waals surface area (Å²) in [6, 6.07) is 7.82. The first-order valence-electron chi connectivity index (χ1n) is 7.95. The zero-order valence-electron chi connectivity index (χ0n) is 12.6. The Bertz CT molecular complexity index is 570. The molecular weight excluding hydrogens is 300 g/mol. The van der Waals surface area contributed by atoms with E-state index in [1.807, 2.05) is 29.2 Å². The first-order chi connectivity index (χ1) is 10.6. The maximum absolute atomic E-state index is 12.3. The van der Waals surface area contributed by atoms with Crippen molar-refractivity contribution in [2.75, 3.05) is 6.54 Å². The summed E-state index contributed by atoms with van der Waals surface area (Å²) in [4.78, 5) is 26.4. The SMILES string of the molecule is O=C(NCc1ccccc1Cl)[C@@H]1CC(=O)N(C2CCCC2)C1.